The minimum Gasteiger partial charge on any atom is -0.336 e. The van der Waals surface area contributed by atoms with Crippen LogP contribution < -0.4 is 0 Å². The van der Waals surface area contributed by atoms with Gasteiger partial charge in [-0.05, 0) is 48.2 Å². The number of nitrogens with zero attached hydrogens (tertiary/aromatic N) is 7. The van der Waals surface area contributed by atoms with E-state index < -0.39 is 0 Å². The van der Waals surface area contributed by atoms with E-state index in [9.17, 15) is 9.59 Å². The molecule has 0 radical (unpaired) electrons. The van der Waals surface area contributed by atoms with Gasteiger partial charge in [-0.2, -0.15) is 0 Å². The Morgan fingerprint density at radius 2 is 1.96 bits per heavy atom. The number of aryl methyl sites for hydroxylation is 1. The third-order valence-electron chi connectivity index (χ3n) is 5.24. The molecule has 0 aromatic carbocycles. The van der Waals surface area contributed by atoms with Crippen molar-refractivity contribution in [1.29, 1.82) is 0 Å². The molecule has 3 aliphatic heterocycles. The van der Waals surface area contributed by atoms with E-state index in [0.717, 1.165) is 12.8 Å². The van der Waals surface area contributed by atoms with E-state index in [1.165, 1.54) is 4.68 Å². The Bertz CT molecular complexity index is 806. The van der Waals surface area contributed by atoms with Crippen molar-refractivity contribution in [3.05, 3.63) is 35.9 Å². The number of fused-ring (bicyclic) bond motifs is 4. The molecule has 9 heteroatoms. The van der Waals surface area contributed by atoms with Crippen LogP contribution in [-0.4, -0.2) is 72.5 Å². The van der Waals surface area contributed by atoms with Crippen LogP contribution >= 0.6 is 0 Å². The second kappa shape index (κ2) is 6.81. The third kappa shape index (κ3) is 3.16. The number of carbonyl (C=O) groups excluding carboxylic acids is 2. The average Bonchev–Trinajstić information content (AvgIpc) is 2.87. The predicted octanol–water partition coefficient (Wildman–Crippen LogP) is 0.140. The molecule has 3 fully saturated rings. The van der Waals surface area contributed by atoms with Gasteiger partial charge in [0.15, 0.2) is 0 Å². The summed E-state index contributed by atoms with van der Waals surface area (Å²) in [6, 6.07) is 3.51. The first-order valence-electron chi connectivity index (χ1n) is 8.83. The summed E-state index contributed by atoms with van der Waals surface area (Å²) < 4.78 is 1.51. The smallest absolute Gasteiger partial charge is 0.254 e. The Hall–Kier alpha value is -2.84. The molecule has 3 aliphatic rings. The summed E-state index contributed by atoms with van der Waals surface area (Å²) >= 11 is 0. The summed E-state index contributed by atoms with van der Waals surface area (Å²) in [6.45, 7) is 3.85. The number of tetrazole rings is 1. The molecule has 0 saturated carbocycles. The fraction of sp³-hybridized carbons (Fsp3) is 0.529. The van der Waals surface area contributed by atoms with Crippen molar-refractivity contribution in [3.63, 3.8) is 0 Å². The number of hydrogen-bond donors (Lipinski definition) is 0. The highest BCUT2D eigenvalue weighted by atomic mass is 16.2. The van der Waals surface area contributed by atoms with Crippen molar-refractivity contribution in [2.75, 3.05) is 19.6 Å². The Morgan fingerprint density at radius 3 is 2.69 bits per heavy atom. The molecule has 5 rings (SSSR count). The van der Waals surface area contributed by atoms with Crippen LogP contribution in [0.2, 0.25) is 0 Å². The molecule has 2 unspecified atom stereocenters. The number of carbonyl (C=O) groups is 2. The molecule has 3 saturated heterocycles. The van der Waals surface area contributed by atoms with Crippen molar-refractivity contribution in [1.82, 2.24) is 35.0 Å². The summed E-state index contributed by atoms with van der Waals surface area (Å²) in [5.41, 5.74) is 0.642. The second-order valence-electron chi connectivity index (χ2n) is 6.97. The number of hydrogen-bond acceptors (Lipinski definition) is 6. The van der Waals surface area contributed by atoms with Crippen LogP contribution in [0.4, 0.5) is 0 Å². The minimum atomic E-state index is 0.00769. The molecule has 136 valence electrons. The third-order valence-corrected chi connectivity index (χ3v) is 5.24. The Kier molecular flexibility index (Phi) is 4.36. The molecule has 2 amide bonds. The summed E-state index contributed by atoms with van der Waals surface area (Å²) in [7, 11) is 0. The number of piperidine rings is 1. The highest BCUT2D eigenvalue weighted by molar-refractivity contribution is 5.94. The molecule has 2 aromatic heterocycles. The monoisotopic (exact) mass is 355 g/mol. The van der Waals surface area contributed by atoms with E-state index in [1.54, 1.807) is 31.5 Å². The minimum absolute atomic E-state index is 0.00769. The van der Waals surface area contributed by atoms with Crippen LogP contribution in [-0.2, 0) is 11.3 Å². The van der Waals surface area contributed by atoms with Crippen LogP contribution in [0.1, 0.15) is 29.0 Å². The van der Waals surface area contributed by atoms with Crippen molar-refractivity contribution < 1.29 is 9.59 Å². The van der Waals surface area contributed by atoms with Crippen molar-refractivity contribution in [2.45, 2.75) is 32.4 Å². The standard InChI is InChI=1S/C17H21N7O2/c1-12-19-20-21-24(12)11-16(25)23-9-13-2-3-15(23)10-22(8-13)17(26)14-4-6-18-7-5-14/h4-7,13,15H,2-3,8-11H2,1H3. The molecule has 2 atom stereocenters. The van der Waals surface area contributed by atoms with Gasteiger partial charge in [0, 0.05) is 43.6 Å². The first kappa shape index (κ1) is 16.6. The van der Waals surface area contributed by atoms with Crippen LogP contribution in [0.5, 0.6) is 0 Å². The largest absolute Gasteiger partial charge is 0.336 e. The molecule has 2 aromatic rings. The maximum atomic E-state index is 12.8. The maximum absolute atomic E-state index is 12.8. The highest BCUT2D eigenvalue weighted by Gasteiger charge is 2.38. The first-order chi connectivity index (χ1) is 12.6. The molecule has 5 heterocycles. The fourth-order valence-corrected chi connectivity index (χ4v) is 3.84. The molecule has 2 bridgehead atoms. The Morgan fingerprint density at radius 1 is 1.15 bits per heavy atom. The van der Waals surface area contributed by atoms with Crippen LogP contribution in [0.25, 0.3) is 0 Å². The maximum Gasteiger partial charge on any atom is 0.254 e. The Labute approximate surface area is 151 Å². The summed E-state index contributed by atoms with van der Waals surface area (Å²) in [5.74, 6) is 0.939. The summed E-state index contributed by atoms with van der Waals surface area (Å²) in [4.78, 5) is 33.4. The topological polar surface area (TPSA) is 97.1 Å². The average molecular weight is 355 g/mol. The van der Waals surface area contributed by atoms with E-state index in [1.807, 2.05) is 9.80 Å². The van der Waals surface area contributed by atoms with Gasteiger partial charge >= 0.3 is 0 Å². The van der Waals surface area contributed by atoms with Gasteiger partial charge in [-0.25, -0.2) is 4.68 Å². The number of aromatic nitrogens is 5. The van der Waals surface area contributed by atoms with Crippen LogP contribution in [0.15, 0.2) is 24.5 Å². The number of amides is 2. The lowest BCUT2D eigenvalue weighted by atomic mass is 9.95. The lowest BCUT2D eigenvalue weighted by Gasteiger charge is -2.36. The molecular weight excluding hydrogens is 334 g/mol. The van der Waals surface area contributed by atoms with Gasteiger partial charge in [0.2, 0.25) is 5.91 Å². The Balaban J connectivity index is 1.49. The van der Waals surface area contributed by atoms with Gasteiger partial charge in [0.25, 0.3) is 5.91 Å². The zero-order valence-electron chi connectivity index (χ0n) is 14.7. The molecule has 0 spiro atoms. The number of rotatable bonds is 3. The van der Waals surface area contributed by atoms with Gasteiger partial charge in [0.05, 0.1) is 0 Å². The molecular formula is C17H21N7O2. The molecule has 0 N–H and O–H groups in total. The molecule has 0 aliphatic carbocycles. The van der Waals surface area contributed by atoms with Crippen molar-refractivity contribution in [3.8, 4) is 0 Å². The van der Waals surface area contributed by atoms with Gasteiger partial charge < -0.3 is 9.80 Å². The van der Waals surface area contributed by atoms with E-state index in [4.69, 9.17) is 0 Å². The molecule has 26 heavy (non-hydrogen) atoms. The first-order valence-corrected chi connectivity index (χ1v) is 8.83. The van der Waals surface area contributed by atoms with E-state index in [-0.39, 0.29) is 24.4 Å². The quantitative estimate of drug-likeness (QED) is 0.777. The zero-order chi connectivity index (χ0) is 18.1. The SMILES string of the molecule is Cc1nnnn1CC(=O)N1CC2CCC1CN(C(=O)c1ccncc1)C2. The summed E-state index contributed by atoms with van der Waals surface area (Å²) in [5, 5.41) is 11.3. The zero-order valence-corrected chi connectivity index (χ0v) is 14.7. The predicted molar refractivity (Wildman–Crippen MR) is 90.9 cm³/mol. The summed E-state index contributed by atoms with van der Waals surface area (Å²) in [6.07, 6.45) is 5.22. The van der Waals surface area contributed by atoms with Gasteiger partial charge in [-0.3, -0.25) is 14.6 Å². The molecule has 9 nitrogen and oxygen atoms in total. The van der Waals surface area contributed by atoms with Gasteiger partial charge in [-0.1, -0.05) is 0 Å². The highest BCUT2D eigenvalue weighted by Crippen LogP contribution is 2.29. The van der Waals surface area contributed by atoms with E-state index in [0.29, 0.717) is 36.9 Å². The van der Waals surface area contributed by atoms with E-state index >= 15 is 0 Å². The van der Waals surface area contributed by atoms with Crippen molar-refractivity contribution >= 4 is 11.8 Å². The van der Waals surface area contributed by atoms with Crippen LogP contribution in [0.3, 0.4) is 0 Å². The van der Waals surface area contributed by atoms with E-state index in [2.05, 4.69) is 20.5 Å². The van der Waals surface area contributed by atoms with Gasteiger partial charge in [-0.15, -0.1) is 5.10 Å². The van der Waals surface area contributed by atoms with Crippen molar-refractivity contribution in [2.24, 2.45) is 5.92 Å². The normalized spacial score (nSPS) is 22.3. The van der Waals surface area contributed by atoms with Gasteiger partial charge in [0.1, 0.15) is 12.4 Å². The lowest BCUT2D eigenvalue weighted by Crippen LogP contribution is -2.49. The lowest BCUT2D eigenvalue weighted by molar-refractivity contribution is -0.136. The fourth-order valence-electron chi connectivity index (χ4n) is 3.84. The second-order valence-corrected chi connectivity index (χ2v) is 6.97. The number of pyridine rings is 1. The van der Waals surface area contributed by atoms with Crippen LogP contribution in [0, 0.1) is 12.8 Å².